The molecule has 2 N–H and O–H groups in total. The Morgan fingerprint density at radius 1 is 1.25 bits per heavy atom. The number of carbonyl (C=O) groups excluding carboxylic acids is 1. The second-order valence-electron chi connectivity index (χ2n) is 6.53. The topological polar surface area (TPSA) is 55.6 Å². The molecule has 2 rings (SSSR count). The van der Waals surface area contributed by atoms with Gasteiger partial charge in [-0.3, -0.25) is 4.79 Å². The van der Waals surface area contributed by atoms with Crippen molar-refractivity contribution < 1.29 is 9.53 Å². The van der Waals surface area contributed by atoms with Crippen LogP contribution in [-0.4, -0.2) is 43.2 Å². The number of nitrogens with two attached hydrogens (primary N) is 1. The van der Waals surface area contributed by atoms with Crippen LogP contribution in [0.2, 0.25) is 0 Å². The van der Waals surface area contributed by atoms with E-state index in [4.69, 9.17) is 10.5 Å². The fourth-order valence-corrected chi connectivity index (χ4v) is 3.09. The molecule has 0 radical (unpaired) electrons. The van der Waals surface area contributed by atoms with Crippen LogP contribution in [0.15, 0.2) is 30.3 Å². The van der Waals surface area contributed by atoms with Crippen molar-refractivity contribution in [3.8, 4) is 0 Å². The van der Waals surface area contributed by atoms with E-state index in [-0.39, 0.29) is 24.4 Å². The number of hydrogen-bond acceptors (Lipinski definition) is 3. The molecule has 1 saturated heterocycles. The lowest BCUT2D eigenvalue weighted by Gasteiger charge is -2.33. The molecular weight excluding hydrogens is 324 g/mol. The molecule has 1 aliphatic heterocycles. The number of nitrogens with zero attached hydrogens (tertiary/aromatic N) is 1. The largest absolute Gasteiger partial charge is 0.381 e. The Kier molecular flexibility index (Phi) is 9.99. The fraction of sp³-hybridized carbons (Fsp3) is 0.632. The summed E-state index contributed by atoms with van der Waals surface area (Å²) in [7, 11) is 0. The van der Waals surface area contributed by atoms with Crippen LogP contribution < -0.4 is 5.73 Å². The van der Waals surface area contributed by atoms with Crippen molar-refractivity contribution in [3.63, 3.8) is 0 Å². The Bertz CT molecular complexity index is 460. The van der Waals surface area contributed by atoms with Crippen molar-refractivity contribution in [1.82, 2.24) is 4.90 Å². The van der Waals surface area contributed by atoms with Crippen LogP contribution in [-0.2, 0) is 16.0 Å². The lowest BCUT2D eigenvalue weighted by molar-refractivity contribution is -0.133. The normalized spacial score (nSPS) is 16.5. The van der Waals surface area contributed by atoms with Crippen LogP contribution in [0.4, 0.5) is 0 Å². The highest BCUT2D eigenvalue weighted by Gasteiger charge is 2.24. The third-order valence-corrected chi connectivity index (χ3v) is 4.69. The highest BCUT2D eigenvalue weighted by molar-refractivity contribution is 5.85. The van der Waals surface area contributed by atoms with Crippen molar-refractivity contribution in [3.05, 3.63) is 35.9 Å². The summed E-state index contributed by atoms with van der Waals surface area (Å²) in [5.74, 6) is 0.833. The van der Waals surface area contributed by atoms with Gasteiger partial charge in [0, 0.05) is 32.2 Å². The zero-order valence-electron chi connectivity index (χ0n) is 14.7. The van der Waals surface area contributed by atoms with E-state index >= 15 is 0 Å². The Hall–Kier alpha value is -1.10. The zero-order valence-corrected chi connectivity index (χ0v) is 15.5. The van der Waals surface area contributed by atoms with E-state index in [9.17, 15) is 4.79 Å². The van der Waals surface area contributed by atoms with Crippen LogP contribution in [0.5, 0.6) is 0 Å². The summed E-state index contributed by atoms with van der Waals surface area (Å²) in [6, 6.07) is 10.6. The predicted octanol–water partition coefficient (Wildman–Crippen LogP) is 3.03. The van der Waals surface area contributed by atoms with E-state index in [1.165, 1.54) is 5.56 Å². The summed E-state index contributed by atoms with van der Waals surface area (Å²) in [6.07, 6.45) is 4.41. The van der Waals surface area contributed by atoms with Crippen LogP contribution in [0, 0.1) is 5.92 Å². The maximum absolute atomic E-state index is 12.2. The predicted molar refractivity (Wildman–Crippen MR) is 100 cm³/mol. The third-order valence-electron chi connectivity index (χ3n) is 4.69. The van der Waals surface area contributed by atoms with Gasteiger partial charge in [-0.1, -0.05) is 30.3 Å². The number of amides is 1. The quantitative estimate of drug-likeness (QED) is 0.730. The Labute approximate surface area is 152 Å². The summed E-state index contributed by atoms with van der Waals surface area (Å²) in [6.45, 7) is 5.17. The van der Waals surface area contributed by atoms with Gasteiger partial charge in [-0.25, -0.2) is 0 Å². The molecule has 0 aliphatic carbocycles. The number of piperidine rings is 1. The van der Waals surface area contributed by atoms with Gasteiger partial charge in [-0.05, 0) is 44.1 Å². The molecule has 0 bridgehead atoms. The number of likely N-dealkylation sites (tertiary alicyclic amines) is 1. The molecule has 136 valence electrons. The number of carbonyl (C=O) groups is 1. The number of benzene rings is 1. The lowest BCUT2D eigenvalue weighted by Crippen LogP contribution is -2.42. The van der Waals surface area contributed by atoms with Gasteiger partial charge in [0.1, 0.15) is 0 Å². The van der Waals surface area contributed by atoms with Crippen LogP contribution >= 0.6 is 12.4 Å². The molecule has 5 heteroatoms. The molecular formula is C19H31ClN2O2. The SMILES string of the molecule is CC(N)C1CCN(C(=O)CCCOCCc2ccccc2)CC1.Cl. The highest BCUT2D eigenvalue weighted by atomic mass is 35.5. The summed E-state index contributed by atoms with van der Waals surface area (Å²) >= 11 is 0. The van der Waals surface area contributed by atoms with Gasteiger partial charge in [0.2, 0.25) is 5.91 Å². The molecule has 4 nitrogen and oxygen atoms in total. The molecule has 1 fully saturated rings. The van der Waals surface area contributed by atoms with Gasteiger partial charge in [-0.2, -0.15) is 0 Å². The first-order valence-electron chi connectivity index (χ1n) is 8.82. The Balaban J connectivity index is 0.00000288. The molecule has 1 amide bonds. The van der Waals surface area contributed by atoms with E-state index in [0.29, 0.717) is 18.9 Å². The Morgan fingerprint density at radius 3 is 2.54 bits per heavy atom. The maximum atomic E-state index is 12.2. The van der Waals surface area contributed by atoms with E-state index in [0.717, 1.165) is 45.4 Å². The fourth-order valence-electron chi connectivity index (χ4n) is 3.09. The van der Waals surface area contributed by atoms with E-state index in [1.807, 2.05) is 23.1 Å². The minimum absolute atomic E-state index is 0. The van der Waals surface area contributed by atoms with Gasteiger partial charge in [0.15, 0.2) is 0 Å². The summed E-state index contributed by atoms with van der Waals surface area (Å²) in [5, 5.41) is 0. The first-order valence-corrected chi connectivity index (χ1v) is 8.82. The molecule has 0 aromatic heterocycles. The molecule has 1 unspecified atom stereocenters. The standard InChI is InChI=1S/C19H30N2O2.ClH/c1-16(20)18-9-12-21(13-10-18)19(22)8-5-14-23-15-11-17-6-3-2-4-7-17;/h2-4,6-7,16,18H,5,8-15,20H2,1H3;1H. The first-order chi connectivity index (χ1) is 11.2. The van der Waals surface area contributed by atoms with E-state index < -0.39 is 0 Å². The van der Waals surface area contributed by atoms with Gasteiger partial charge >= 0.3 is 0 Å². The molecule has 24 heavy (non-hydrogen) atoms. The second-order valence-corrected chi connectivity index (χ2v) is 6.53. The smallest absolute Gasteiger partial charge is 0.222 e. The van der Waals surface area contributed by atoms with Crippen LogP contribution in [0.3, 0.4) is 0 Å². The monoisotopic (exact) mass is 354 g/mol. The molecule has 0 spiro atoms. The van der Waals surface area contributed by atoms with Gasteiger partial charge in [0.05, 0.1) is 6.61 Å². The third kappa shape index (κ3) is 7.20. The van der Waals surface area contributed by atoms with Crippen molar-refractivity contribution in [2.45, 2.75) is 45.1 Å². The summed E-state index contributed by atoms with van der Waals surface area (Å²) < 4.78 is 5.64. The lowest BCUT2D eigenvalue weighted by atomic mass is 9.91. The number of rotatable bonds is 8. The molecule has 1 aromatic rings. The molecule has 1 aliphatic rings. The molecule has 0 saturated carbocycles. The zero-order chi connectivity index (χ0) is 16.5. The molecule has 1 aromatic carbocycles. The van der Waals surface area contributed by atoms with Gasteiger partial charge in [0.25, 0.3) is 0 Å². The molecule has 1 heterocycles. The number of halogens is 1. The van der Waals surface area contributed by atoms with Crippen LogP contribution in [0.25, 0.3) is 0 Å². The average Bonchev–Trinajstić information content (AvgIpc) is 2.58. The van der Waals surface area contributed by atoms with E-state index in [1.54, 1.807) is 0 Å². The number of hydrogen-bond donors (Lipinski definition) is 1. The highest BCUT2D eigenvalue weighted by Crippen LogP contribution is 2.20. The Morgan fingerprint density at radius 2 is 1.92 bits per heavy atom. The number of ether oxygens (including phenoxy) is 1. The van der Waals surface area contributed by atoms with Gasteiger partial charge in [-0.15, -0.1) is 12.4 Å². The summed E-state index contributed by atoms with van der Waals surface area (Å²) in [4.78, 5) is 14.2. The van der Waals surface area contributed by atoms with Crippen molar-refractivity contribution in [1.29, 1.82) is 0 Å². The molecule has 1 atom stereocenters. The summed E-state index contributed by atoms with van der Waals surface area (Å²) in [5.41, 5.74) is 7.23. The maximum Gasteiger partial charge on any atom is 0.222 e. The average molecular weight is 355 g/mol. The minimum atomic E-state index is 0. The van der Waals surface area contributed by atoms with Crippen molar-refractivity contribution in [2.75, 3.05) is 26.3 Å². The van der Waals surface area contributed by atoms with Gasteiger partial charge < -0.3 is 15.4 Å². The van der Waals surface area contributed by atoms with Crippen molar-refractivity contribution >= 4 is 18.3 Å². The van der Waals surface area contributed by atoms with Crippen LogP contribution in [0.1, 0.15) is 38.2 Å². The van der Waals surface area contributed by atoms with E-state index in [2.05, 4.69) is 19.1 Å². The second kappa shape index (κ2) is 11.5. The van der Waals surface area contributed by atoms with Crippen molar-refractivity contribution in [2.24, 2.45) is 11.7 Å². The first kappa shape index (κ1) is 20.9. The minimum Gasteiger partial charge on any atom is -0.381 e.